The van der Waals surface area contributed by atoms with Crippen molar-refractivity contribution in [3.63, 3.8) is 0 Å². The van der Waals surface area contributed by atoms with Crippen molar-refractivity contribution in [3.05, 3.63) is 23.9 Å². The Labute approximate surface area is 101 Å². The summed E-state index contributed by atoms with van der Waals surface area (Å²) in [6.45, 7) is 2.74. The number of carbonyl (C=O) groups excluding carboxylic acids is 1. The molecule has 0 unspecified atom stereocenters. The van der Waals surface area contributed by atoms with Crippen LogP contribution < -0.4 is 15.5 Å². The lowest BCUT2D eigenvalue weighted by Gasteiger charge is -2.27. The van der Waals surface area contributed by atoms with Gasteiger partial charge in [-0.3, -0.25) is 4.79 Å². The number of aromatic nitrogens is 1. The predicted octanol–water partition coefficient (Wildman–Crippen LogP) is 0.0968. The molecule has 1 saturated heterocycles. The summed E-state index contributed by atoms with van der Waals surface area (Å²) in [6.07, 6.45) is 1.66. The molecule has 1 aliphatic rings. The van der Waals surface area contributed by atoms with Gasteiger partial charge in [-0.25, -0.2) is 4.98 Å². The van der Waals surface area contributed by atoms with E-state index in [1.807, 2.05) is 19.0 Å². The highest BCUT2D eigenvalue weighted by Crippen LogP contribution is 2.09. The van der Waals surface area contributed by atoms with Gasteiger partial charge in [0.2, 0.25) is 0 Å². The SMILES string of the molecule is CN(C)c1cc(C(=O)NCC2CNC2)ccn1. The first-order valence-electron chi connectivity index (χ1n) is 5.79. The highest BCUT2D eigenvalue weighted by atomic mass is 16.1. The Hall–Kier alpha value is -1.62. The topological polar surface area (TPSA) is 57.3 Å². The van der Waals surface area contributed by atoms with E-state index in [1.165, 1.54) is 0 Å². The monoisotopic (exact) mass is 234 g/mol. The second-order valence-corrected chi connectivity index (χ2v) is 4.53. The van der Waals surface area contributed by atoms with Crippen molar-refractivity contribution in [2.45, 2.75) is 0 Å². The molecule has 0 aliphatic carbocycles. The minimum absolute atomic E-state index is 0.0256. The standard InChI is InChI=1S/C12H18N4O/c1-16(2)11-5-10(3-4-14-11)12(17)15-8-9-6-13-7-9/h3-5,9,13H,6-8H2,1-2H3,(H,15,17). The van der Waals surface area contributed by atoms with Gasteiger partial charge in [0.1, 0.15) is 5.82 Å². The maximum atomic E-state index is 11.9. The Morgan fingerprint density at radius 2 is 2.35 bits per heavy atom. The van der Waals surface area contributed by atoms with Crippen molar-refractivity contribution < 1.29 is 4.79 Å². The average molecular weight is 234 g/mol. The summed E-state index contributed by atoms with van der Waals surface area (Å²) in [6, 6.07) is 3.54. The number of hydrogen-bond acceptors (Lipinski definition) is 4. The molecule has 2 N–H and O–H groups in total. The predicted molar refractivity (Wildman–Crippen MR) is 67.3 cm³/mol. The molecular weight excluding hydrogens is 216 g/mol. The maximum absolute atomic E-state index is 11.9. The molecule has 2 heterocycles. The Morgan fingerprint density at radius 1 is 1.59 bits per heavy atom. The molecule has 92 valence electrons. The number of rotatable bonds is 4. The first-order chi connectivity index (χ1) is 8.16. The fourth-order valence-corrected chi connectivity index (χ4v) is 1.64. The van der Waals surface area contributed by atoms with E-state index < -0.39 is 0 Å². The van der Waals surface area contributed by atoms with Gasteiger partial charge < -0.3 is 15.5 Å². The van der Waals surface area contributed by atoms with Gasteiger partial charge in [0.15, 0.2) is 0 Å². The van der Waals surface area contributed by atoms with Gasteiger partial charge in [0, 0.05) is 51.4 Å². The van der Waals surface area contributed by atoms with E-state index in [-0.39, 0.29) is 5.91 Å². The van der Waals surface area contributed by atoms with Gasteiger partial charge in [-0.15, -0.1) is 0 Å². The van der Waals surface area contributed by atoms with Crippen LogP contribution in [0, 0.1) is 5.92 Å². The summed E-state index contributed by atoms with van der Waals surface area (Å²) in [7, 11) is 3.81. The maximum Gasteiger partial charge on any atom is 0.251 e. The van der Waals surface area contributed by atoms with Crippen molar-refractivity contribution in [2.75, 3.05) is 38.6 Å². The molecule has 0 saturated carbocycles. The van der Waals surface area contributed by atoms with Gasteiger partial charge in [0.25, 0.3) is 5.91 Å². The van der Waals surface area contributed by atoms with Gasteiger partial charge in [-0.2, -0.15) is 0 Å². The fourth-order valence-electron chi connectivity index (χ4n) is 1.64. The first-order valence-corrected chi connectivity index (χ1v) is 5.79. The van der Waals surface area contributed by atoms with E-state index in [0.717, 1.165) is 25.5 Å². The van der Waals surface area contributed by atoms with Crippen LogP contribution in [0.1, 0.15) is 10.4 Å². The van der Waals surface area contributed by atoms with Crippen molar-refractivity contribution >= 4 is 11.7 Å². The summed E-state index contributed by atoms with van der Waals surface area (Å²) in [5.74, 6) is 1.35. The summed E-state index contributed by atoms with van der Waals surface area (Å²) in [4.78, 5) is 17.9. The highest BCUT2D eigenvalue weighted by Gasteiger charge is 2.17. The number of hydrogen-bond donors (Lipinski definition) is 2. The van der Waals surface area contributed by atoms with Crippen molar-refractivity contribution in [1.29, 1.82) is 0 Å². The summed E-state index contributed by atoms with van der Waals surface area (Å²) >= 11 is 0. The number of pyridine rings is 1. The number of anilines is 1. The van der Waals surface area contributed by atoms with Crippen LogP contribution in [0.4, 0.5) is 5.82 Å². The molecule has 1 fully saturated rings. The van der Waals surface area contributed by atoms with E-state index in [2.05, 4.69) is 15.6 Å². The molecule has 17 heavy (non-hydrogen) atoms. The second-order valence-electron chi connectivity index (χ2n) is 4.53. The number of nitrogens with one attached hydrogen (secondary N) is 2. The van der Waals surface area contributed by atoms with E-state index in [4.69, 9.17) is 0 Å². The molecule has 0 atom stereocenters. The lowest BCUT2D eigenvalue weighted by Crippen LogP contribution is -2.48. The van der Waals surface area contributed by atoms with Crippen molar-refractivity contribution in [1.82, 2.24) is 15.6 Å². The Balaban J connectivity index is 1.95. The molecule has 0 bridgehead atoms. The zero-order chi connectivity index (χ0) is 12.3. The van der Waals surface area contributed by atoms with Crippen LogP contribution >= 0.6 is 0 Å². The van der Waals surface area contributed by atoms with Crippen LogP contribution in [0.5, 0.6) is 0 Å². The van der Waals surface area contributed by atoms with Crippen LogP contribution in [-0.4, -0.2) is 44.6 Å². The lowest BCUT2D eigenvalue weighted by molar-refractivity contribution is 0.0942. The minimum atomic E-state index is -0.0256. The molecule has 5 nitrogen and oxygen atoms in total. The van der Waals surface area contributed by atoms with E-state index in [1.54, 1.807) is 18.3 Å². The third-order valence-electron chi connectivity index (χ3n) is 2.88. The highest BCUT2D eigenvalue weighted by molar-refractivity contribution is 5.94. The molecule has 0 radical (unpaired) electrons. The zero-order valence-electron chi connectivity index (χ0n) is 10.2. The van der Waals surface area contributed by atoms with Gasteiger partial charge in [0.05, 0.1) is 0 Å². The fraction of sp³-hybridized carbons (Fsp3) is 0.500. The normalized spacial score (nSPS) is 15.2. The molecule has 0 aromatic carbocycles. The minimum Gasteiger partial charge on any atom is -0.363 e. The van der Waals surface area contributed by atoms with Gasteiger partial charge in [-0.1, -0.05) is 0 Å². The third-order valence-corrected chi connectivity index (χ3v) is 2.88. The Bertz CT molecular complexity index is 401. The van der Waals surface area contributed by atoms with Crippen LogP contribution in [0.25, 0.3) is 0 Å². The molecule has 5 heteroatoms. The van der Waals surface area contributed by atoms with Crippen LogP contribution in [0.2, 0.25) is 0 Å². The molecular formula is C12H18N4O. The van der Waals surface area contributed by atoms with Gasteiger partial charge in [-0.05, 0) is 12.1 Å². The molecule has 1 aliphatic heterocycles. The van der Waals surface area contributed by atoms with E-state index in [0.29, 0.717) is 11.5 Å². The Morgan fingerprint density at radius 3 is 2.94 bits per heavy atom. The zero-order valence-corrected chi connectivity index (χ0v) is 10.2. The number of nitrogens with zero attached hydrogens (tertiary/aromatic N) is 2. The van der Waals surface area contributed by atoms with Crippen molar-refractivity contribution in [2.24, 2.45) is 5.92 Å². The molecule has 1 amide bonds. The van der Waals surface area contributed by atoms with E-state index >= 15 is 0 Å². The molecule has 2 rings (SSSR count). The summed E-state index contributed by atoms with van der Waals surface area (Å²) < 4.78 is 0. The smallest absolute Gasteiger partial charge is 0.251 e. The largest absolute Gasteiger partial charge is 0.363 e. The third kappa shape index (κ3) is 2.94. The van der Waals surface area contributed by atoms with Crippen LogP contribution in [-0.2, 0) is 0 Å². The molecule has 1 aromatic heterocycles. The molecule has 1 aromatic rings. The second kappa shape index (κ2) is 5.14. The lowest BCUT2D eigenvalue weighted by atomic mass is 10.0. The van der Waals surface area contributed by atoms with Crippen LogP contribution in [0.3, 0.4) is 0 Å². The number of amides is 1. The summed E-state index contributed by atoms with van der Waals surface area (Å²) in [5, 5.41) is 6.12. The number of carbonyl (C=O) groups is 1. The van der Waals surface area contributed by atoms with Gasteiger partial charge >= 0.3 is 0 Å². The molecule has 0 spiro atoms. The summed E-state index contributed by atoms with van der Waals surface area (Å²) in [5.41, 5.74) is 0.663. The van der Waals surface area contributed by atoms with E-state index in [9.17, 15) is 4.79 Å². The first kappa shape index (κ1) is 11.9. The Kier molecular flexibility index (Phi) is 3.58. The van der Waals surface area contributed by atoms with Crippen LogP contribution in [0.15, 0.2) is 18.3 Å². The van der Waals surface area contributed by atoms with Crippen molar-refractivity contribution in [3.8, 4) is 0 Å². The average Bonchev–Trinajstić information content (AvgIpc) is 2.27. The quantitative estimate of drug-likeness (QED) is 0.775.